The Labute approximate surface area is 124 Å². The maximum atomic E-state index is 5.74. The quantitative estimate of drug-likeness (QED) is 0.727. The van der Waals surface area contributed by atoms with Gasteiger partial charge in [-0.05, 0) is 26.3 Å². The van der Waals surface area contributed by atoms with E-state index >= 15 is 0 Å². The number of allylic oxidation sites excluding steroid dienone is 4. The van der Waals surface area contributed by atoms with E-state index in [2.05, 4.69) is 37.8 Å². The number of hydrogen-bond donors (Lipinski definition) is 0. The smallest absolute Gasteiger partial charge is 0.171 e. The zero-order chi connectivity index (χ0) is 15.0. The molecule has 0 aromatic rings. The van der Waals surface area contributed by atoms with Crippen molar-refractivity contribution < 1.29 is 9.47 Å². The van der Waals surface area contributed by atoms with E-state index in [9.17, 15) is 0 Å². The summed E-state index contributed by atoms with van der Waals surface area (Å²) in [6.45, 7) is 14.1. The number of hydrogen-bond acceptors (Lipinski definition) is 3. The topological polar surface area (TPSA) is 21.7 Å². The molecule has 0 aromatic carbocycles. The predicted molar refractivity (Wildman–Crippen MR) is 84.6 cm³/mol. The van der Waals surface area contributed by atoms with Crippen LogP contribution in [-0.4, -0.2) is 37.0 Å². The second kappa shape index (κ2) is 8.48. The lowest BCUT2D eigenvalue weighted by Crippen LogP contribution is -2.44. The van der Waals surface area contributed by atoms with Gasteiger partial charge in [0, 0.05) is 31.6 Å². The molecule has 0 atom stereocenters. The summed E-state index contributed by atoms with van der Waals surface area (Å²) < 4.78 is 11.5. The van der Waals surface area contributed by atoms with E-state index < -0.39 is 0 Å². The fourth-order valence-corrected chi connectivity index (χ4v) is 2.47. The van der Waals surface area contributed by atoms with E-state index in [1.165, 1.54) is 11.3 Å². The van der Waals surface area contributed by atoms with Crippen LogP contribution in [0.15, 0.2) is 23.4 Å². The van der Waals surface area contributed by atoms with Crippen molar-refractivity contribution >= 4 is 0 Å². The van der Waals surface area contributed by atoms with Gasteiger partial charge in [0.25, 0.3) is 0 Å². The molecule has 20 heavy (non-hydrogen) atoms. The van der Waals surface area contributed by atoms with Gasteiger partial charge >= 0.3 is 0 Å². The molecule has 2 aliphatic heterocycles. The minimum Gasteiger partial charge on any atom is -0.375 e. The number of rotatable bonds is 3. The second-order valence-electron chi connectivity index (χ2n) is 5.27. The van der Waals surface area contributed by atoms with Gasteiger partial charge in [-0.2, -0.15) is 0 Å². The number of likely N-dealkylation sites (tertiary alicyclic amines) is 1. The third-order valence-corrected chi connectivity index (χ3v) is 4.00. The van der Waals surface area contributed by atoms with Crippen LogP contribution < -0.4 is 0 Å². The molecule has 3 heteroatoms. The highest BCUT2D eigenvalue weighted by atomic mass is 16.7. The van der Waals surface area contributed by atoms with Crippen molar-refractivity contribution in [3.05, 3.63) is 23.4 Å². The molecule has 0 unspecified atom stereocenters. The lowest BCUT2D eigenvalue weighted by Gasteiger charge is -2.39. The van der Waals surface area contributed by atoms with E-state index in [-0.39, 0.29) is 5.79 Å². The second-order valence-corrected chi connectivity index (χ2v) is 5.27. The fourth-order valence-electron chi connectivity index (χ4n) is 2.47. The molecule has 0 radical (unpaired) electrons. The minimum atomic E-state index is -0.258. The third kappa shape index (κ3) is 4.64. The Morgan fingerprint density at radius 3 is 2.10 bits per heavy atom. The van der Waals surface area contributed by atoms with Crippen LogP contribution in [0, 0.1) is 0 Å². The summed E-state index contributed by atoms with van der Waals surface area (Å²) in [6.07, 6.45) is 7.54. The van der Waals surface area contributed by atoms with Crippen LogP contribution >= 0.6 is 0 Å². The van der Waals surface area contributed by atoms with Gasteiger partial charge in [0.1, 0.15) is 0 Å². The van der Waals surface area contributed by atoms with Crippen molar-refractivity contribution in [2.24, 2.45) is 0 Å². The largest absolute Gasteiger partial charge is 0.375 e. The average molecular weight is 281 g/mol. The van der Waals surface area contributed by atoms with Crippen LogP contribution in [0.3, 0.4) is 0 Å². The van der Waals surface area contributed by atoms with Crippen molar-refractivity contribution in [2.75, 3.05) is 26.3 Å². The van der Waals surface area contributed by atoms with Crippen molar-refractivity contribution in [1.29, 1.82) is 0 Å². The average Bonchev–Trinajstić information content (AvgIpc) is 2.95. The number of ether oxygens (including phenoxy) is 2. The van der Waals surface area contributed by atoms with Gasteiger partial charge in [-0.1, -0.05) is 32.4 Å². The van der Waals surface area contributed by atoms with Crippen LogP contribution in [0.2, 0.25) is 0 Å². The normalized spacial score (nSPS) is 22.8. The SMILES string of the molecule is CC.CC/C(C)=C\C=C(/C)N1CCC2(CC1)OCCO2. The maximum Gasteiger partial charge on any atom is 0.171 e. The molecule has 0 saturated carbocycles. The van der Waals surface area contributed by atoms with Gasteiger partial charge in [-0.15, -0.1) is 0 Å². The summed E-state index contributed by atoms with van der Waals surface area (Å²) in [6, 6.07) is 0. The van der Waals surface area contributed by atoms with Crippen molar-refractivity contribution in [3.63, 3.8) is 0 Å². The first kappa shape index (κ1) is 17.3. The molecular weight excluding hydrogens is 250 g/mol. The minimum absolute atomic E-state index is 0.258. The standard InChI is InChI=1S/C15H25NO2.C2H6/c1-4-13(2)5-6-14(3)16-9-7-15(8-10-16)17-11-12-18-15;1-2/h5-6H,4,7-12H2,1-3H3;1-2H3/b13-5-,14-6+;. The number of piperidine rings is 1. The van der Waals surface area contributed by atoms with Crippen molar-refractivity contribution in [1.82, 2.24) is 4.90 Å². The molecule has 0 aromatic heterocycles. The summed E-state index contributed by atoms with van der Waals surface area (Å²) in [5.41, 5.74) is 2.76. The van der Waals surface area contributed by atoms with E-state index in [1.54, 1.807) is 0 Å². The molecule has 3 nitrogen and oxygen atoms in total. The Bertz CT molecular complexity index is 331. The highest BCUT2D eigenvalue weighted by Gasteiger charge is 2.39. The third-order valence-electron chi connectivity index (χ3n) is 4.00. The summed E-state index contributed by atoms with van der Waals surface area (Å²) in [4.78, 5) is 2.43. The molecule has 2 heterocycles. The van der Waals surface area contributed by atoms with Crippen molar-refractivity contribution in [2.45, 2.75) is 59.7 Å². The van der Waals surface area contributed by atoms with Gasteiger partial charge < -0.3 is 14.4 Å². The van der Waals surface area contributed by atoms with Crippen LogP contribution in [0.5, 0.6) is 0 Å². The zero-order valence-corrected chi connectivity index (χ0v) is 13.9. The molecular formula is C17H31NO2. The van der Waals surface area contributed by atoms with E-state index in [0.29, 0.717) is 0 Å². The fraction of sp³-hybridized carbons (Fsp3) is 0.765. The molecule has 2 saturated heterocycles. The highest BCUT2D eigenvalue weighted by Crippen LogP contribution is 2.32. The Balaban J connectivity index is 0.000000956. The van der Waals surface area contributed by atoms with Gasteiger partial charge in [0.05, 0.1) is 13.2 Å². The Hall–Kier alpha value is -0.800. The Morgan fingerprint density at radius 1 is 1.05 bits per heavy atom. The lowest BCUT2D eigenvalue weighted by atomic mass is 10.0. The van der Waals surface area contributed by atoms with Gasteiger partial charge in [0.2, 0.25) is 0 Å². The van der Waals surface area contributed by atoms with Crippen LogP contribution in [0.25, 0.3) is 0 Å². The summed E-state index contributed by atoms with van der Waals surface area (Å²) >= 11 is 0. The molecule has 1 spiro atoms. The highest BCUT2D eigenvalue weighted by molar-refractivity contribution is 5.15. The van der Waals surface area contributed by atoms with Gasteiger partial charge in [-0.25, -0.2) is 0 Å². The Kier molecular flexibility index (Phi) is 7.31. The number of nitrogens with zero attached hydrogens (tertiary/aromatic N) is 1. The predicted octanol–water partition coefficient (Wildman–Crippen LogP) is 4.11. The zero-order valence-electron chi connectivity index (χ0n) is 13.9. The Morgan fingerprint density at radius 2 is 1.60 bits per heavy atom. The first-order chi connectivity index (χ1) is 9.65. The lowest BCUT2D eigenvalue weighted by molar-refractivity contribution is -0.182. The molecule has 0 amide bonds. The maximum absolute atomic E-state index is 5.74. The first-order valence-electron chi connectivity index (χ1n) is 8.02. The van der Waals surface area contributed by atoms with Gasteiger partial charge in [0.15, 0.2) is 5.79 Å². The summed E-state index contributed by atoms with van der Waals surface area (Å²) in [5.74, 6) is -0.258. The first-order valence-corrected chi connectivity index (χ1v) is 8.02. The molecule has 116 valence electrons. The molecule has 2 fully saturated rings. The molecule has 0 bridgehead atoms. The van der Waals surface area contributed by atoms with Crippen molar-refractivity contribution in [3.8, 4) is 0 Å². The van der Waals surface area contributed by atoms with Crippen LogP contribution in [0.1, 0.15) is 53.9 Å². The van der Waals surface area contributed by atoms with E-state index in [0.717, 1.165) is 45.6 Å². The molecule has 0 N–H and O–H groups in total. The molecule has 2 aliphatic rings. The van der Waals surface area contributed by atoms with Gasteiger partial charge in [-0.3, -0.25) is 0 Å². The summed E-state index contributed by atoms with van der Waals surface area (Å²) in [7, 11) is 0. The monoisotopic (exact) mass is 281 g/mol. The summed E-state index contributed by atoms with van der Waals surface area (Å²) in [5, 5.41) is 0. The van der Waals surface area contributed by atoms with Crippen LogP contribution in [0.4, 0.5) is 0 Å². The van der Waals surface area contributed by atoms with E-state index in [4.69, 9.17) is 9.47 Å². The van der Waals surface area contributed by atoms with Crippen LogP contribution in [-0.2, 0) is 9.47 Å². The molecule has 0 aliphatic carbocycles. The van der Waals surface area contributed by atoms with E-state index in [1.807, 2.05) is 13.8 Å². The molecule has 2 rings (SSSR count).